The van der Waals surface area contributed by atoms with Gasteiger partial charge in [-0.2, -0.15) is 0 Å². The third-order valence-corrected chi connectivity index (χ3v) is 5.48. The Morgan fingerprint density at radius 3 is 2.88 bits per heavy atom. The molecule has 2 fully saturated rings. The quantitative estimate of drug-likeness (QED) is 0.777. The lowest BCUT2D eigenvalue weighted by Crippen LogP contribution is -2.49. The van der Waals surface area contributed by atoms with E-state index in [1.54, 1.807) is 0 Å². The summed E-state index contributed by atoms with van der Waals surface area (Å²) in [6.45, 7) is 6.58. The smallest absolute Gasteiger partial charge is 0.0958 e. The second kappa shape index (κ2) is 7.24. The molecule has 1 aromatic carbocycles. The molecule has 2 aromatic rings. The molecule has 4 rings (SSSR count). The molecular weight excluding hydrogens is 298 g/mol. The lowest BCUT2D eigenvalue weighted by molar-refractivity contribution is -0.0975. The Labute approximate surface area is 144 Å². The van der Waals surface area contributed by atoms with Crippen molar-refractivity contribution in [3.8, 4) is 0 Å². The fourth-order valence-electron chi connectivity index (χ4n) is 3.89. The average Bonchev–Trinajstić information content (AvgIpc) is 3.39. The summed E-state index contributed by atoms with van der Waals surface area (Å²) in [6, 6.07) is 8.41. The third kappa shape index (κ3) is 3.65. The number of rotatable bonds is 7. The maximum absolute atomic E-state index is 6.39. The Balaban J connectivity index is 1.38. The summed E-state index contributed by atoms with van der Waals surface area (Å²) in [5.74, 6) is 0.825. The second-order valence-corrected chi connectivity index (χ2v) is 7.46. The zero-order chi connectivity index (χ0) is 16.4. The van der Waals surface area contributed by atoms with Crippen LogP contribution in [-0.4, -0.2) is 46.3 Å². The van der Waals surface area contributed by atoms with Gasteiger partial charge in [0, 0.05) is 26.2 Å². The van der Waals surface area contributed by atoms with Crippen molar-refractivity contribution >= 4 is 11.0 Å². The Kier molecular flexibility index (Phi) is 4.86. The number of para-hydroxylation sites is 2. The van der Waals surface area contributed by atoms with Crippen molar-refractivity contribution < 1.29 is 4.74 Å². The van der Waals surface area contributed by atoms with Crippen LogP contribution in [0.5, 0.6) is 0 Å². The Morgan fingerprint density at radius 2 is 2.04 bits per heavy atom. The first-order chi connectivity index (χ1) is 11.8. The lowest BCUT2D eigenvalue weighted by Gasteiger charge is -2.38. The van der Waals surface area contributed by atoms with Crippen LogP contribution in [0.15, 0.2) is 30.6 Å². The summed E-state index contributed by atoms with van der Waals surface area (Å²) >= 11 is 0. The largest absolute Gasteiger partial charge is 0.372 e. The summed E-state index contributed by atoms with van der Waals surface area (Å²) in [5.41, 5.74) is 2.34. The highest BCUT2D eigenvalue weighted by Gasteiger charge is 2.37. The monoisotopic (exact) mass is 327 g/mol. The van der Waals surface area contributed by atoms with E-state index in [9.17, 15) is 0 Å². The molecule has 2 aliphatic rings. The fraction of sp³-hybridized carbons (Fsp3) is 0.650. The van der Waals surface area contributed by atoms with Crippen molar-refractivity contribution in [2.75, 3.05) is 19.6 Å². The Morgan fingerprint density at radius 1 is 1.17 bits per heavy atom. The molecule has 1 aliphatic heterocycles. The molecule has 1 aliphatic carbocycles. The molecule has 1 saturated carbocycles. The van der Waals surface area contributed by atoms with E-state index in [0.29, 0.717) is 12.2 Å². The van der Waals surface area contributed by atoms with Crippen molar-refractivity contribution in [1.29, 1.82) is 0 Å². The van der Waals surface area contributed by atoms with Crippen LogP contribution in [0.4, 0.5) is 0 Å². The molecule has 0 bridgehead atoms. The van der Waals surface area contributed by atoms with E-state index in [0.717, 1.165) is 37.6 Å². The minimum Gasteiger partial charge on any atom is -0.372 e. The number of benzene rings is 1. The first kappa shape index (κ1) is 16.1. The Bertz CT molecular complexity index is 664. The molecule has 4 nitrogen and oxygen atoms in total. The number of hydrogen-bond donors (Lipinski definition) is 0. The summed E-state index contributed by atoms with van der Waals surface area (Å²) in [5, 5.41) is 0. The number of hydrogen-bond acceptors (Lipinski definition) is 3. The van der Waals surface area contributed by atoms with Crippen LogP contribution in [0.1, 0.15) is 39.0 Å². The van der Waals surface area contributed by atoms with Gasteiger partial charge in [-0.3, -0.25) is 4.90 Å². The summed E-state index contributed by atoms with van der Waals surface area (Å²) in [7, 11) is 0. The highest BCUT2D eigenvalue weighted by Crippen LogP contribution is 2.37. The highest BCUT2D eigenvalue weighted by molar-refractivity contribution is 5.74. The van der Waals surface area contributed by atoms with Gasteiger partial charge in [0.15, 0.2) is 0 Å². The van der Waals surface area contributed by atoms with Crippen molar-refractivity contribution in [2.24, 2.45) is 5.92 Å². The second-order valence-electron chi connectivity index (χ2n) is 7.46. The van der Waals surface area contributed by atoms with Gasteiger partial charge in [0.2, 0.25) is 0 Å². The SMILES string of the molecule is CCCC[C@@H]1CN(CCn2cnc3ccccc32)C[C@H](C2CC2)O1. The molecule has 1 saturated heterocycles. The van der Waals surface area contributed by atoms with Crippen LogP contribution in [-0.2, 0) is 11.3 Å². The molecular formula is C20H29N3O. The lowest BCUT2D eigenvalue weighted by atomic mass is 10.1. The van der Waals surface area contributed by atoms with Crippen molar-refractivity contribution in [3.05, 3.63) is 30.6 Å². The molecule has 24 heavy (non-hydrogen) atoms. The molecule has 130 valence electrons. The third-order valence-electron chi connectivity index (χ3n) is 5.48. The molecule has 4 heteroatoms. The number of ether oxygens (including phenoxy) is 1. The molecule has 2 atom stereocenters. The number of morpholine rings is 1. The van der Waals surface area contributed by atoms with Crippen molar-refractivity contribution in [3.63, 3.8) is 0 Å². The number of aromatic nitrogens is 2. The van der Waals surface area contributed by atoms with E-state index >= 15 is 0 Å². The van der Waals surface area contributed by atoms with E-state index in [2.05, 4.69) is 45.6 Å². The highest BCUT2D eigenvalue weighted by atomic mass is 16.5. The van der Waals surface area contributed by atoms with Gasteiger partial charge < -0.3 is 9.30 Å². The van der Waals surface area contributed by atoms with Crippen LogP contribution in [0.25, 0.3) is 11.0 Å². The zero-order valence-corrected chi connectivity index (χ0v) is 14.7. The summed E-state index contributed by atoms with van der Waals surface area (Å²) < 4.78 is 8.68. The van der Waals surface area contributed by atoms with E-state index in [1.165, 1.54) is 37.6 Å². The standard InChI is InChI=1S/C20H29N3O/c1-2-3-6-17-13-22(14-20(24-17)16-9-10-16)11-12-23-15-21-18-7-4-5-8-19(18)23/h4-5,7-8,15-17,20H,2-3,6,9-14H2,1H3/t17-,20-/m1/s1. The maximum atomic E-state index is 6.39. The first-order valence-electron chi connectivity index (χ1n) is 9.61. The molecule has 1 aromatic heterocycles. The van der Waals surface area contributed by atoms with Crippen molar-refractivity contribution in [1.82, 2.24) is 14.5 Å². The van der Waals surface area contributed by atoms with E-state index in [-0.39, 0.29) is 0 Å². The topological polar surface area (TPSA) is 30.3 Å². The molecule has 0 unspecified atom stereocenters. The zero-order valence-electron chi connectivity index (χ0n) is 14.7. The minimum absolute atomic E-state index is 0.434. The van der Waals surface area contributed by atoms with E-state index in [4.69, 9.17) is 4.74 Å². The molecule has 0 spiro atoms. The Hall–Kier alpha value is -1.39. The van der Waals surface area contributed by atoms with Gasteiger partial charge in [-0.15, -0.1) is 0 Å². The summed E-state index contributed by atoms with van der Waals surface area (Å²) in [4.78, 5) is 7.14. The molecule has 0 N–H and O–H groups in total. The normalized spacial score (nSPS) is 25.4. The van der Waals surface area contributed by atoms with Crippen molar-refractivity contribution in [2.45, 2.75) is 57.8 Å². The van der Waals surface area contributed by atoms with Crippen LogP contribution in [0, 0.1) is 5.92 Å². The van der Waals surface area contributed by atoms with Crippen LogP contribution < -0.4 is 0 Å². The van der Waals surface area contributed by atoms with E-state index < -0.39 is 0 Å². The summed E-state index contributed by atoms with van der Waals surface area (Å²) in [6.07, 6.45) is 9.37. The maximum Gasteiger partial charge on any atom is 0.0958 e. The van der Waals surface area contributed by atoms with Crippen LogP contribution in [0.3, 0.4) is 0 Å². The average molecular weight is 327 g/mol. The van der Waals surface area contributed by atoms with Gasteiger partial charge in [-0.1, -0.05) is 31.9 Å². The van der Waals surface area contributed by atoms with Gasteiger partial charge in [-0.25, -0.2) is 4.98 Å². The number of fused-ring (bicyclic) bond motifs is 1. The molecule has 0 amide bonds. The van der Waals surface area contributed by atoms with Crippen LogP contribution in [0.2, 0.25) is 0 Å². The number of nitrogens with zero attached hydrogens (tertiary/aromatic N) is 3. The predicted molar refractivity (Wildman–Crippen MR) is 97.1 cm³/mol. The van der Waals surface area contributed by atoms with Gasteiger partial charge in [0.05, 0.1) is 29.6 Å². The van der Waals surface area contributed by atoms with Gasteiger partial charge >= 0.3 is 0 Å². The minimum atomic E-state index is 0.434. The van der Waals surface area contributed by atoms with Gasteiger partial charge in [0.1, 0.15) is 0 Å². The number of unbranched alkanes of at least 4 members (excludes halogenated alkanes) is 1. The van der Waals surface area contributed by atoms with Gasteiger partial charge in [-0.05, 0) is 37.3 Å². The fourth-order valence-corrected chi connectivity index (χ4v) is 3.89. The number of imidazole rings is 1. The van der Waals surface area contributed by atoms with Crippen LogP contribution >= 0.6 is 0 Å². The molecule has 0 radical (unpaired) electrons. The first-order valence-corrected chi connectivity index (χ1v) is 9.61. The predicted octanol–water partition coefficient (Wildman–Crippen LogP) is 3.71. The molecule has 2 heterocycles. The van der Waals surface area contributed by atoms with E-state index in [1.807, 2.05) is 6.33 Å². The van der Waals surface area contributed by atoms with Gasteiger partial charge in [0.25, 0.3) is 0 Å².